The minimum atomic E-state index is -1.11. The lowest BCUT2D eigenvalue weighted by Gasteiger charge is -2.18. The van der Waals surface area contributed by atoms with Crippen molar-refractivity contribution in [2.45, 2.75) is 20.0 Å². The van der Waals surface area contributed by atoms with Crippen LogP contribution in [0.4, 0.5) is 4.79 Å². The Morgan fingerprint density at radius 2 is 2.08 bits per heavy atom. The van der Waals surface area contributed by atoms with Crippen molar-refractivity contribution in [1.82, 2.24) is 20.4 Å². The summed E-state index contributed by atoms with van der Waals surface area (Å²) in [5.41, 5.74) is 1.08. The fraction of sp³-hybridized carbons (Fsp3) is 0.312. The predicted molar refractivity (Wildman–Crippen MR) is 84.5 cm³/mol. The lowest BCUT2D eigenvalue weighted by Crippen LogP contribution is -2.41. The lowest BCUT2D eigenvalue weighted by molar-refractivity contribution is -0.136. The number of carbonyl (C=O) groups excluding carboxylic acids is 3. The Morgan fingerprint density at radius 3 is 2.72 bits per heavy atom. The average Bonchev–Trinajstić information content (AvgIpc) is 3.20. The second kappa shape index (κ2) is 6.71. The third-order valence-corrected chi connectivity index (χ3v) is 3.78. The van der Waals surface area contributed by atoms with Crippen molar-refractivity contribution < 1.29 is 23.6 Å². The number of aromatic nitrogens is 2. The SMILES string of the molecule is Cc1onc(-c2ccncc2)c1C(=O)OC(C)C(=O)N1CCNC1=O. The van der Waals surface area contributed by atoms with E-state index in [1.807, 2.05) is 0 Å². The molecule has 130 valence electrons. The molecule has 1 aliphatic heterocycles. The third-order valence-electron chi connectivity index (χ3n) is 3.78. The zero-order chi connectivity index (χ0) is 18.0. The fourth-order valence-electron chi connectivity index (χ4n) is 2.49. The molecule has 3 heterocycles. The van der Waals surface area contributed by atoms with E-state index in [9.17, 15) is 14.4 Å². The Labute approximate surface area is 142 Å². The largest absolute Gasteiger partial charge is 0.449 e. The minimum absolute atomic E-state index is 0.136. The Hall–Kier alpha value is -3.23. The van der Waals surface area contributed by atoms with Crippen LogP contribution in [0.5, 0.6) is 0 Å². The quantitative estimate of drug-likeness (QED) is 0.827. The fourth-order valence-corrected chi connectivity index (χ4v) is 2.49. The first-order valence-electron chi connectivity index (χ1n) is 7.66. The smallest absolute Gasteiger partial charge is 0.344 e. The van der Waals surface area contributed by atoms with Crippen molar-refractivity contribution in [3.05, 3.63) is 35.9 Å². The summed E-state index contributed by atoms with van der Waals surface area (Å²) in [4.78, 5) is 41.2. The van der Waals surface area contributed by atoms with Crippen LogP contribution in [0.2, 0.25) is 0 Å². The molecule has 0 bridgehead atoms. The van der Waals surface area contributed by atoms with Gasteiger partial charge in [-0.05, 0) is 26.0 Å². The summed E-state index contributed by atoms with van der Waals surface area (Å²) in [6.07, 6.45) is 2.01. The van der Waals surface area contributed by atoms with E-state index in [1.54, 1.807) is 31.5 Å². The van der Waals surface area contributed by atoms with E-state index in [-0.39, 0.29) is 17.9 Å². The van der Waals surface area contributed by atoms with E-state index >= 15 is 0 Å². The molecule has 1 saturated heterocycles. The molecule has 2 aromatic heterocycles. The van der Waals surface area contributed by atoms with Gasteiger partial charge in [0.15, 0.2) is 6.10 Å². The van der Waals surface area contributed by atoms with E-state index < -0.39 is 24.0 Å². The summed E-state index contributed by atoms with van der Waals surface area (Å²) in [5, 5.41) is 6.41. The maximum Gasteiger partial charge on any atom is 0.344 e. The van der Waals surface area contributed by atoms with Crippen molar-refractivity contribution in [2.75, 3.05) is 13.1 Å². The van der Waals surface area contributed by atoms with Gasteiger partial charge in [-0.3, -0.25) is 14.7 Å². The number of nitrogens with zero attached hydrogens (tertiary/aromatic N) is 3. The molecule has 0 radical (unpaired) electrons. The summed E-state index contributed by atoms with van der Waals surface area (Å²) in [6, 6.07) is 2.86. The van der Waals surface area contributed by atoms with Crippen LogP contribution in [0.1, 0.15) is 23.0 Å². The van der Waals surface area contributed by atoms with Gasteiger partial charge in [-0.2, -0.15) is 0 Å². The Bertz CT molecular complexity index is 817. The third kappa shape index (κ3) is 3.21. The molecule has 25 heavy (non-hydrogen) atoms. The Balaban J connectivity index is 1.79. The molecule has 9 nitrogen and oxygen atoms in total. The van der Waals surface area contributed by atoms with Crippen LogP contribution >= 0.6 is 0 Å². The summed E-state index contributed by atoms with van der Waals surface area (Å²) in [7, 11) is 0. The van der Waals surface area contributed by atoms with Crippen LogP contribution in [0, 0.1) is 6.92 Å². The highest BCUT2D eigenvalue weighted by atomic mass is 16.5. The van der Waals surface area contributed by atoms with Gasteiger partial charge in [-0.25, -0.2) is 9.59 Å². The number of imide groups is 1. The molecule has 1 unspecified atom stereocenters. The molecule has 3 amide bonds. The van der Waals surface area contributed by atoms with Crippen LogP contribution in [-0.4, -0.2) is 52.1 Å². The van der Waals surface area contributed by atoms with Gasteiger partial charge in [0.2, 0.25) is 0 Å². The zero-order valence-corrected chi connectivity index (χ0v) is 13.7. The molecule has 1 N–H and O–H groups in total. The lowest BCUT2D eigenvalue weighted by atomic mass is 10.1. The van der Waals surface area contributed by atoms with Gasteiger partial charge >= 0.3 is 12.0 Å². The first-order chi connectivity index (χ1) is 12.0. The molecule has 0 aliphatic carbocycles. The number of ether oxygens (including phenoxy) is 1. The summed E-state index contributed by atoms with van der Waals surface area (Å²) in [6.45, 7) is 3.62. The Kier molecular flexibility index (Phi) is 4.46. The number of amides is 3. The number of esters is 1. The van der Waals surface area contributed by atoms with E-state index in [0.717, 1.165) is 4.90 Å². The van der Waals surface area contributed by atoms with Crippen LogP contribution in [0.15, 0.2) is 29.0 Å². The maximum absolute atomic E-state index is 12.5. The molecule has 0 saturated carbocycles. The molecule has 1 atom stereocenters. The topological polar surface area (TPSA) is 115 Å². The van der Waals surface area contributed by atoms with Crippen LogP contribution < -0.4 is 5.32 Å². The minimum Gasteiger partial charge on any atom is -0.449 e. The van der Waals surface area contributed by atoms with Gasteiger partial charge < -0.3 is 14.6 Å². The number of hydrogen-bond acceptors (Lipinski definition) is 7. The van der Waals surface area contributed by atoms with Crippen LogP contribution in [0.3, 0.4) is 0 Å². The molecule has 2 aromatic rings. The number of pyridine rings is 1. The van der Waals surface area contributed by atoms with Crippen LogP contribution in [-0.2, 0) is 9.53 Å². The number of carbonyl (C=O) groups is 3. The van der Waals surface area contributed by atoms with Gasteiger partial charge in [0.25, 0.3) is 5.91 Å². The number of urea groups is 1. The van der Waals surface area contributed by atoms with E-state index in [2.05, 4.69) is 15.5 Å². The van der Waals surface area contributed by atoms with Crippen LogP contribution in [0.25, 0.3) is 11.3 Å². The molecule has 1 aliphatic rings. The molecule has 0 aromatic carbocycles. The van der Waals surface area contributed by atoms with Crippen molar-refractivity contribution >= 4 is 17.9 Å². The van der Waals surface area contributed by atoms with Crippen molar-refractivity contribution in [3.8, 4) is 11.3 Å². The molecule has 0 spiro atoms. The number of rotatable bonds is 4. The average molecular weight is 344 g/mol. The standard InChI is InChI=1S/C16H16N4O5/c1-9-12(13(19-25-9)11-3-5-17-6-4-11)15(22)24-10(2)14(21)20-8-7-18-16(20)23/h3-6,10H,7-8H2,1-2H3,(H,18,23). The van der Waals surface area contributed by atoms with Gasteiger partial charge in [0.05, 0.1) is 0 Å². The number of hydrogen-bond donors (Lipinski definition) is 1. The van der Waals surface area contributed by atoms with Crippen molar-refractivity contribution in [2.24, 2.45) is 0 Å². The number of nitrogens with one attached hydrogen (secondary N) is 1. The summed E-state index contributed by atoms with van der Waals surface area (Å²) >= 11 is 0. The molecule has 9 heteroatoms. The van der Waals surface area contributed by atoms with Gasteiger partial charge in [-0.15, -0.1) is 0 Å². The summed E-state index contributed by atoms with van der Waals surface area (Å²) < 4.78 is 10.3. The zero-order valence-electron chi connectivity index (χ0n) is 13.7. The van der Waals surface area contributed by atoms with E-state index in [1.165, 1.54) is 6.92 Å². The maximum atomic E-state index is 12.5. The van der Waals surface area contributed by atoms with Crippen molar-refractivity contribution in [3.63, 3.8) is 0 Å². The highest BCUT2D eigenvalue weighted by molar-refractivity contribution is 6.01. The second-order valence-corrected chi connectivity index (χ2v) is 5.47. The van der Waals surface area contributed by atoms with Gasteiger partial charge in [-0.1, -0.05) is 5.16 Å². The van der Waals surface area contributed by atoms with Gasteiger partial charge in [0, 0.05) is 31.0 Å². The molecular weight excluding hydrogens is 328 g/mol. The Morgan fingerprint density at radius 1 is 1.36 bits per heavy atom. The summed E-state index contributed by atoms with van der Waals surface area (Å²) in [5.74, 6) is -1.05. The first-order valence-corrected chi connectivity index (χ1v) is 7.66. The normalized spacial score (nSPS) is 15.0. The van der Waals surface area contributed by atoms with E-state index in [4.69, 9.17) is 9.26 Å². The highest BCUT2D eigenvalue weighted by Gasteiger charge is 2.33. The first kappa shape index (κ1) is 16.6. The second-order valence-electron chi connectivity index (χ2n) is 5.47. The van der Waals surface area contributed by atoms with Crippen molar-refractivity contribution in [1.29, 1.82) is 0 Å². The predicted octanol–water partition coefficient (Wildman–Crippen LogP) is 1.14. The molecule has 1 fully saturated rings. The van der Waals surface area contributed by atoms with Gasteiger partial charge in [0.1, 0.15) is 17.0 Å². The molecule has 3 rings (SSSR count). The van der Waals surface area contributed by atoms with E-state index in [0.29, 0.717) is 17.8 Å². The molecular formula is C16H16N4O5. The monoisotopic (exact) mass is 344 g/mol. The highest BCUT2D eigenvalue weighted by Crippen LogP contribution is 2.25. The number of aryl methyl sites for hydroxylation is 1.